The number of hydrogen-bond acceptors (Lipinski definition) is 14. The van der Waals surface area contributed by atoms with Crippen LogP contribution in [0, 0.1) is 28.6 Å². The number of esters is 5. The van der Waals surface area contributed by atoms with E-state index in [-0.39, 0.29) is 18.4 Å². The standard InChI is InChI=1S/C36H48O14/c1-9-17(2)29(42)32(43)49-31-30-28(18(3)36(44)25(47-20(5)39)13-21(35(31,36)8)22-11-10-12-45-22)34(7,23-14-27(41)50-33(23,6)16-37)24(46-19(4)38)15-26(40)48-30/h10-12,17,21,23-25,28-31,37,42,44H,3,9,13-16H2,1-2,4-8H3/t17-,21+,23+,24+,25-,28-,29-,30-,31+,33-,34-,35-,36-/m1/s1. The first-order valence-corrected chi connectivity index (χ1v) is 17.0. The van der Waals surface area contributed by atoms with Crippen molar-refractivity contribution in [1.29, 1.82) is 0 Å². The van der Waals surface area contributed by atoms with E-state index in [0.717, 1.165) is 6.92 Å². The second-order valence-corrected chi connectivity index (χ2v) is 15.0. The molecule has 2 saturated carbocycles. The first-order valence-electron chi connectivity index (χ1n) is 17.0. The minimum Gasteiger partial charge on any atom is -0.469 e. The average Bonchev–Trinajstić information content (AvgIpc) is 3.72. The van der Waals surface area contributed by atoms with E-state index in [2.05, 4.69) is 6.58 Å². The maximum absolute atomic E-state index is 13.8. The van der Waals surface area contributed by atoms with Crippen LogP contribution in [-0.2, 0) is 47.7 Å². The zero-order chi connectivity index (χ0) is 37.1. The fourth-order valence-electron chi connectivity index (χ4n) is 9.45. The predicted octanol–water partition coefficient (Wildman–Crippen LogP) is 2.51. The van der Waals surface area contributed by atoms with Gasteiger partial charge in [-0.2, -0.15) is 0 Å². The van der Waals surface area contributed by atoms with Gasteiger partial charge in [0.05, 0.1) is 31.1 Å². The number of carbonyl (C=O) groups excluding carboxylic acids is 5. The lowest BCUT2D eigenvalue weighted by atomic mass is 9.47. The smallest absolute Gasteiger partial charge is 0.335 e. The Labute approximate surface area is 290 Å². The molecule has 0 unspecified atom stereocenters. The molecule has 276 valence electrons. The molecular weight excluding hydrogens is 656 g/mol. The van der Waals surface area contributed by atoms with Crippen molar-refractivity contribution in [3.63, 3.8) is 0 Å². The van der Waals surface area contributed by atoms with Crippen LogP contribution in [0.1, 0.15) is 85.8 Å². The number of ether oxygens (including phenoxy) is 5. The minimum atomic E-state index is -2.25. The number of cyclic esters (lactones) is 1. The van der Waals surface area contributed by atoms with Crippen molar-refractivity contribution >= 4 is 29.8 Å². The van der Waals surface area contributed by atoms with Crippen LogP contribution in [0.3, 0.4) is 0 Å². The van der Waals surface area contributed by atoms with Gasteiger partial charge in [-0.25, -0.2) is 4.79 Å². The first-order chi connectivity index (χ1) is 23.3. The molecule has 3 N–H and O–H groups in total. The highest BCUT2D eigenvalue weighted by Gasteiger charge is 2.79. The summed E-state index contributed by atoms with van der Waals surface area (Å²) in [5.74, 6) is -7.34. The molecule has 5 rings (SSSR count). The van der Waals surface area contributed by atoms with Crippen molar-refractivity contribution in [2.45, 2.75) is 122 Å². The quantitative estimate of drug-likeness (QED) is 0.192. The van der Waals surface area contributed by atoms with Crippen molar-refractivity contribution in [2.75, 3.05) is 6.61 Å². The van der Waals surface area contributed by atoms with Crippen molar-refractivity contribution in [1.82, 2.24) is 0 Å². The zero-order valence-electron chi connectivity index (χ0n) is 29.5. The number of aliphatic hydroxyl groups is 3. The molecule has 14 heteroatoms. The van der Waals surface area contributed by atoms with E-state index in [4.69, 9.17) is 28.1 Å². The Morgan fingerprint density at radius 2 is 1.68 bits per heavy atom. The third kappa shape index (κ3) is 5.54. The van der Waals surface area contributed by atoms with Gasteiger partial charge in [0.2, 0.25) is 0 Å². The predicted molar refractivity (Wildman–Crippen MR) is 170 cm³/mol. The molecule has 2 saturated heterocycles. The van der Waals surface area contributed by atoms with Gasteiger partial charge in [-0.05, 0) is 37.0 Å². The Morgan fingerprint density at radius 1 is 1.04 bits per heavy atom. The van der Waals surface area contributed by atoms with Crippen molar-refractivity contribution in [2.24, 2.45) is 28.6 Å². The van der Waals surface area contributed by atoms with E-state index in [1.807, 2.05) is 0 Å². The van der Waals surface area contributed by atoms with E-state index >= 15 is 0 Å². The van der Waals surface area contributed by atoms with Gasteiger partial charge in [0, 0.05) is 37.0 Å². The second-order valence-electron chi connectivity index (χ2n) is 15.0. The lowest BCUT2D eigenvalue weighted by Gasteiger charge is -2.61. The Bertz CT molecular complexity index is 1540. The largest absolute Gasteiger partial charge is 0.469 e. The molecule has 2 aliphatic carbocycles. The third-order valence-electron chi connectivity index (χ3n) is 12.2. The number of hydrogen-bond donors (Lipinski definition) is 3. The van der Waals surface area contributed by atoms with E-state index in [1.54, 1.807) is 39.8 Å². The van der Waals surface area contributed by atoms with Gasteiger partial charge in [-0.15, -0.1) is 0 Å². The Kier molecular flexibility index (Phi) is 9.82. The highest BCUT2D eigenvalue weighted by Crippen LogP contribution is 2.70. The molecule has 14 nitrogen and oxygen atoms in total. The molecule has 50 heavy (non-hydrogen) atoms. The molecule has 0 amide bonds. The van der Waals surface area contributed by atoms with Crippen LogP contribution in [0.4, 0.5) is 0 Å². The molecule has 2 aliphatic heterocycles. The molecule has 1 aromatic rings. The molecule has 0 aromatic carbocycles. The molecule has 0 spiro atoms. The molecule has 4 aliphatic rings. The lowest BCUT2D eigenvalue weighted by Crippen LogP contribution is -2.72. The SMILES string of the molecule is C=C1[C@@H]2[C@@H](OC(=O)C[C@H](OC(C)=O)[C@@]2(C)[C@H]2CC(=O)O[C@]2(C)CO)[C@H](OC(=O)[C@H](O)[C@H](C)CC)[C@@]2(C)[C@H](c3ccco3)C[C@@H](OC(C)=O)[C@]12O. The highest BCUT2D eigenvalue weighted by molar-refractivity contribution is 5.77. The van der Waals surface area contributed by atoms with Gasteiger partial charge in [0.15, 0.2) is 6.10 Å². The zero-order valence-corrected chi connectivity index (χ0v) is 29.5. The van der Waals surface area contributed by atoms with E-state index < -0.39 is 119 Å². The first kappa shape index (κ1) is 37.5. The Balaban J connectivity index is 1.83. The van der Waals surface area contributed by atoms with Crippen LogP contribution in [-0.4, -0.2) is 93.5 Å². The van der Waals surface area contributed by atoms with Crippen LogP contribution in [0.25, 0.3) is 0 Å². The summed E-state index contributed by atoms with van der Waals surface area (Å²) in [5, 5.41) is 35.0. The summed E-state index contributed by atoms with van der Waals surface area (Å²) in [4.78, 5) is 65.9. The minimum absolute atomic E-state index is 0.00549. The molecule has 13 atom stereocenters. The van der Waals surface area contributed by atoms with Crippen LogP contribution < -0.4 is 0 Å². The molecule has 0 radical (unpaired) electrons. The average molecular weight is 705 g/mol. The topological polar surface area (TPSA) is 205 Å². The van der Waals surface area contributed by atoms with Crippen LogP contribution in [0.15, 0.2) is 35.0 Å². The van der Waals surface area contributed by atoms with Crippen molar-refractivity contribution < 1.29 is 67.4 Å². The molecule has 4 fully saturated rings. The highest BCUT2D eigenvalue weighted by atomic mass is 16.6. The van der Waals surface area contributed by atoms with Gasteiger partial charge in [0.25, 0.3) is 0 Å². The van der Waals surface area contributed by atoms with Crippen LogP contribution in [0.5, 0.6) is 0 Å². The van der Waals surface area contributed by atoms with Gasteiger partial charge < -0.3 is 43.4 Å². The maximum Gasteiger partial charge on any atom is 0.335 e. The van der Waals surface area contributed by atoms with Gasteiger partial charge in [-0.1, -0.05) is 40.7 Å². The van der Waals surface area contributed by atoms with Crippen LogP contribution in [0.2, 0.25) is 0 Å². The lowest BCUT2D eigenvalue weighted by molar-refractivity contribution is -0.245. The van der Waals surface area contributed by atoms with E-state index in [1.165, 1.54) is 20.1 Å². The molecule has 3 heterocycles. The number of rotatable bonds is 9. The summed E-state index contributed by atoms with van der Waals surface area (Å²) in [6.07, 6.45) is -6.27. The summed E-state index contributed by atoms with van der Waals surface area (Å²) in [6.45, 7) is 14.2. The van der Waals surface area contributed by atoms with Gasteiger partial charge in [0.1, 0.15) is 41.4 Å². The summed E-state index contributed by atoms with van der Waals surface area (Å²) in [5.41, 5.74) is -7.11. The number of carbonyl (C=O) groups is 5. The van der Waals surface area contributed by atoms with Crippen molar-refractivity contribution in [3.05, 3.63) is 36.3 Å². The molecule has 0 bridgehead atoms. The summed E-state index contributed by atoms with van der Waals surface area (Å²) in [7, 11) is 0. The Hall–Kier alpha value is -3.75. The van der Waals surface area contributed by atoms with Gasteiger partial charge in [-0.3, -0.25) is 19.2 Å². The number of fused-ring (bicyclic) bond motifs is 2. The summed E-state index contributed by atoms with van der Waals surface area (Å²) >= 11 is 0. The normalized spacial score (nSPS) is 40.8. The van der Waals surface area contributed by atoms with Gasteiger partial charge >= 0.3 is 29.8 Å². The molecule has 1 aromatic heterocycles. The number of furan rings is 1. The Morgan fingerprint density at radius 3 is 2.24 bits per heavy atom. The summed E-state index contributed by atoms with van der Waals surface area (Å²) < 4.78 is 35.5. The maximum atomic E-state index is 13.8. The monoisotopic (exact) mass is 704 g/mol. The number of aliphatic hydroxyl groups excluding tert-OH is 2. The molecular formula is C36H48O14. The second kappa shape index (κ2) is 13.1. The van der Waals surface area contributed by atoms with Crippen LogP contribution >= 0.6 is 0 Å². The summed E-state index contributed by atoms with van der Waals surface area (Å²) in [6, 6.07) is 3.28. The third-order valence-corrected chi connectivity index (χ3v) is 12.2. The fraction of sp³-hybridized carbons (Fsp3) is 0.694. The fourth-order valence-corrected chi connectivity index (χ4v) is 9.45. The van der Waals surface area contributed by atoms with E-state index in [0.29, 0.717) is 12.2 Å². The van der Waals surface area contributed by atoms with Crippen molar-refractivity contribution in [3.8, 4) is 0 Å². The van der Waals surface area contributed by atoms with E-state index in [9.17, 15) is 39.3 Å².